The van der Waals surface area contributed by atoms with Gasteiger partial charge in [-0.15, -0.1) is 0 Å². The van der Waals surface area contributed by atoms with E-state index in [-0.39, 0.29) is 0 Å². The van der Waals surface area contributed by atoms with Gasteiger partial charge in [0.25, 0.3) is 0 Å². The average molecular weight is 252 g/mol. The Morgan fingerprint density at radius 2 is 2.18 bits per heavy atom. The van der Waals surface area contributed by atoms with Gasteiger partial charge in [0.1, 0.15) is 0 Å². The van der Waals surface area contributed by atoms with Crippen molar-refractivity contribution in [1.29, 1.82) is 0 Å². The highest BCUT2D eigenvalue weighted by Crippen LogP contribution is 2.08. The summed E-state index contributed by atoms with van der Waals surface area (Å²) in [6.07, 6.45) is 7.49. The molecule has 3 heteroatoms. The molecule has 0 saturated carbocycles. The fraction of sp³-hybridized carbons (Fsp3) is 0.643. The minimum Gasteiger partial charge on any atom is -0.314 e. The van der Waals surface area contributed by atoms with Crippen molar-refractivity contribution < 1.29 is 0 Å². The van der Waals surface area contributed by atoms with E-state index in [1.54, 1.807) is 0 Å². The summed E-state index contributed by atoms with van der Waals surface area (Å²) in [5.74, 6) is 1.21. The van der Waals surface area contributed by atoms with Crippen LogP contribution in [0.1, 0.15) is 31.5 Å². The van der Waals surface area contributed by atoms with E-state index in [1.807, 2.05) is 18.0 Å². The van der Waals surface area contributed by atoms with E-state index in [1.165, 1.54) is 23.4 Å². The standard InChI is InChI=1S/C14H24N2S/c1-4-12-6-7-13(16-11-12)10-14(15-5-2)8-9-17-3/h6-7,11,14-15H,4-5,8-10H2,1-3H3. The summed E-state index contributed by atoms with van der Waals surface area (Å²) >= 11 is 1.91. The van der Waals surface area contributed by atoms with E-state index < -0.39 is 0 Å². The quantitative estimate of drug-likeness (QED) is 0.770. The maximum atomic E-state index is 4.53. The first-order valence-corrected chi connectivity index (χ1v) is 7.85. The van der Waals surface area contributed by atoms with Crippen molar-refractivity contribution in [2.45, 2.75) is 39.2 Å². The van der Waals surface area contributed by atoms with Gasteiger partial charge >= 0.3 is 0 Å². The molecule has 0 saturated heterocycles. The third kappa shape index (κ3) is 5.55. The Kier molecular flexibility index (Phi) is 7.29. The molecule has 0 fully saturated rings. The Bertz CT molecular complexity index is 298. The molecule has 0 amide bonds. The lowest BCUT2D eigenvalue weighted by Crippen LogP contribution is -2.31. The van der Waals surface area contributed by atoms with Crippen molar-refractivity contribution in [3.05, 3.63) is 29.6 Å². The number of hydrogen-bond acceptors (Lipinski definition) is 3. The number of hydrogen-bond donors (Lipinski definition) is 1. The molecule has 2 nitrogen and oxygen atoms in total. The zero-order chi connectivity index (χ0) is 12.5. The fourth-order valence-corrected chi connectivity index (χ4v) is 2.38. The number of pyridine rings is 1. The lowest BCUT2D eigenvalue weighted by atomic mass is 10.1. The number of nitrogens with zero attached hydrogens (tertiary/aromatic N) is 1. The zero-order valence-corrected chi connectivity index (χ0v) is 12.0. The van der Waals surface area contributed by atoms with Crippen LogP contribution in [0.15, 0.2) is 18.3 Å². The van der Waals surface area contributed by atoms with Crippen LogP contribution < -0.4 is 5.32 Å². The Morgan fingerprint density at radius 3 is 2.71 bits per heavy atom. The van der Waals surface area contributed by atoms with Crippen molar-refractivity contribution in [2.24, 2.45) is 0 Å². The molecule has 0 aromatic carbocycles. The van der Waals surface area contributed by atoms with Crippen molar-refractivity contribution in [3.8, 4) is 0 Å². The molecule has 1 aromatic heterocycles. The molecule has 1 unspecified atom stereocenters. The van der Waals surface area contributed by atoms with Crippen LogP contribution >= 0.6 is 11.8 Å². The van der Waals surface area contributed by atoms with Crippen LogP contribution in [-0.2, 0) is 12.8 Å². The molecular formula is C14H24N2S. The van der Waals surface area contributed by atoms with Gasteiger partial charge in [-0.2, -0.15) is 11.8 Å². The van der Waals surface area contributed by atoms with Gasteiger partial charge < -0.3 is 5.32 Å². The second-order valence-corrected chi connectivity index (χ2v) is 5.24. The first-order chi connectivity index (χ1) is 8.30. The fourth-order valence-electron chi connectivity index (χ4n) is 1.86. The Labute approximate surface area is 110 Å². The number of nitrogens with one attached hydrogen (secondary N) is 1. The topological polar surface area (TPSA) is 24.9 Å². The predicted molar refractivity (Wildman–Crippen MR) is 77.8 cm³/mol. The van der Waals surface area contributed by atoms with Crippen LogP contribution in [0.3, 0.4) is 0 Å². The first-order valence-electron chi connectivity index (χ1n) is 6.46. The molecule has 0 spiro atoms. The minimum atomic E-state index is 0.562. The van der Waals surface area contributed by atoms with Gasteiger partial charge in [-0.05, 0) is 43.0 Å². The van der Waals surface area contributed by atoms with Crippen LogP contribution in [0.2, 0.25) is 0 Å². The molecule has 0 radical (unpaired) electrons. The van der Waals surface area contributed by atoms with Crippen molar-refractivity contribution in [1.82, 2.24) is 10.3 Å². The molecule has 1 rings (SSSR count). The number of aryl methyl sites for hydroxylation is 1. The number of aromatic nitrogens is 1. The van der Waals surface area contributed by atoms with Crippen molar-refractivity contribution in [2.75, 3.05) is 18.6 Å². The van der Waals surface area contributed by atoms with Crippen LogP contribution in [0.25, 0.3) is 0 Å². The van der Waals surface area contributed by atoms with Crippen molar-refractivity contribution in [3.63, 3.8) is 0 Å². The van der Waals surface area contributed by atoms with Gasteiger partial charge in [-0.25, -0.2) is 0 Å². The summed E-state index contributed by atoms with van der Waals surface area (Å²) in [7, 11) is 0. The largest absolute Gasteiger partial charge is 0.314 e. The van der Waals surface area contributed by atoms with Crippen LogP contribution in [-0.4, -0.2) is 29.6 Å². The average Bonchev–Trinajstić information content (AvgIpc) is 2.37. The molecule has 1 aromatic rings. The second-order valence-electron chi connectivity index (χ2n) is 4.25. The highest BCUT2D eigenvalue weighted by molar-refractivity contribution is 7.98. The molecule has 1 heterocycles. The molecular weight excluding hydrogens is 228 g/mol. The Hall–Kier alpha value is -0.540. The smallest absolute Gasteiger partial charge is 0.0419 e. The Morgan fingerprint density at radius 1 is 1.35 bits per heavy atom. The lowest BCUT2D eigenvalue weighted by molar-refractivity contribution is 0.509. The summed E-state index contributed by atoms with van der Waals surface area (Å²) in [5.41, 5.74) is 2.52. The van der Waals surface area contributed by atoms with Gasteiger partial charge in [-0.1, -0.05) is 19.9 Å². The van der Waals surface area contributed by atoms with Gasteiger partial charge in [0, 0.05) is 24.4 Å². The van der Waals surface area contributed by atoms with E-state index in [4.69, 9.17) is 0 Å². The normalized spacial score (nSPS) is 12.6. The first kappa shape index (κ1) is 14.5. The van der Waals surface area contributed by atoms with E-state index >= 15 is 0 Å². The van der Waals surface area contributed by atoms with Crippen LogP contribution in [0.5, 0.6) is 0 Å². The van der Waals surface area contributed by atoms with Gasteiger partial charge in [0.05, 0.1) is 0 Å². The van der Waals surface area contributed by atoms with E-state index in [0.29, 0.717) is 6.04 Å². The maximum absolute atomic E-state index is 4.53. The Balaban J connectivity index is 2.51. The van der Waals surface area contributed by atoms with Gasteiger partial charge in [0.2, 0.25) is 0 Å². The van der Waals surface area contributed by atoms with E-state index in [9.17, 15) is 0 Å². The molecule has 0 aliphatic heterocycles. The molecule has 17 heavy (non-hydrogen) atoms. The number of likely N-dealkylation sites (N-methyl/N-ethyl adjacent to an activating group) is 1. The van der Waals surface area contributed by atoms with E-state index in [0.717, 1.165) is 19.4 Å². The van der Waals surface area contributed by atoms with Gasteiger partial charge in [0.15, 0.2) is 0 Å². The summed E-state index contributed by atoms with van der Waals surface area (Å²) < 4.78 is 0. The third-order valence-electron chi connectivity index (χ3n) is 2.91. The number of thioether (sulfide) groups is 1. The molecule has 1 atom stereocenters. The summed E-state index contributed by atoms with van der Waals surface area (Å²) in [5, 5.41) is 3.54. The van der Waals surface area contributed by atoms with Gasteiger partial charge in [-0.3, -0.25) is 4.98 Å². The van der Waals surface area contributed by atoms with E-state index in [2.05, 4.69) is 42.5 Å². The van der Waals surface area contributed by atoms with Crippen molar-refractivity contribution >= 4 is 11.8 Å². The highest BCUT2D eigenvalue weighted by Gasteiger charge is 2.08. The second kappa shape index (κ2) is 8.54. The molecule has 0 aliphatic rings. The minimum absolute atomic E-state index is 0.562. The summed E-state index contributed by atoms with van der Waals surface area (Å²) in [6.45, 7) is 5.36. The predicted octanol–water partition coefficient (Wildman–Crippen LogP) is 2.92. The molecule has 0 bridgehead atoms. The molecule has 96 valence electrons. The van der Waals surface area contributed by atoms with Crippen LogP contribution in [0.4, 0.5) is 0 Å². The maximum Gasteiger partial charge on any atom is 0.0419 e. The summed E-state index contributed by atoms with van der Waals surface area (Å²) in [4.78, 5) is 4.53. The highest BCUT2D eigenvalue weighted by atomic mass is 32.2. The summed E-state index contributed by atoms with van der Waals surface area (Å²) in [6, 6.07) is 4.93. The monoisotopic (exact) mass is 252 g/mol. The van der Waals surface area contributed by atoms with Crippen LogP contribution in [0, 0.1) is 0 Å². The SMILES string of the molecule is CCNC(CCSC)Cc1ccc(CC)cn1. The lowest BCUT2D eigenvalue weighted by Gasteiger charge is -2.17. The molecule has 1 N–H and O–H groups in total. The zero-order valence-electron chi connectivity index (χ0n) is 11.2. The number of rotatable bonds is 8. The third-order valence-corrected chi connectivity index (χ3v) is 3.56. The molecule has 0 aliphatic carbocycles.